The number of aromatic nitrogens is 3. The number of imide groups is 1. The van der Waals surface area contributed by atoms with Crippen molar-refractivity contribution in [3.8, 4) is 0 Å². The molecule has 40 heavy (non-hydrogen) atoms. The second-order valence-electron chi connectivity index (χ2n) is 12.0. The van der Waals surface area contributed by atoms with E-state index in [9.17, 15) is 14.4 Å². The van der Waals surface area contributed by atoms with Crippen LogP contribution < -0.4 is 10.6 Å². The summed E-state index contributed by atoms with van der Waals surface area (Å²) in [7, 11) is 0. The fourth-order valence-electron chi connectivity index (χ4n) is 3.86. The minimum atomic E-state index is -0.394. The molecule has 4 amide bonds. The van der Waals surface area contributed by atoms with Crippen LogP contribution in [-0.2, 0) is 36.9 Å². The molecule has 0 fully saturated rings. The quantitative estimate of drug-likeness (QED) is 0.205. The van der Waals surface area contributed by atoms with Gasteiger partial charge in [-0.2, -0.15) is 0 Å². The van der Waals surface area contributed by atoms with E-state index in [-0.39, 0.29) is 24.4 Å². The Labute approximate surface area is 238 Å². The van der Waals surface area contributed by atoms with Crippen LogP contribution in [0.2, 0.25) is 0 Å². The number of rotatable bonds is 18. The Balaban J connectivity index is 1.42. The summed E-state index contributed by atoms with van der Waals surface area (Å²) in [6.45, 7) is 16.7. The number of hydrogen-bond donors (Lipinski definition) is 2. The van der Waals surface area contributed by atoms with Crippen molar-refractivity contribution in [1.82, 2.24) is 30.5 Å². The Bertz CT molecular complexity index is 979. The zero-order valence-electron chi connectivity index (χ0n) is 25.1. The average Bonchev–Trinajstić information content (AvgIpc) is 3.43. The average molecular weight is 565 g/mol. The Morgan fingerprint density at radius 2 is 1.50 bits per heavy atom. The summed E-state index contributed by atoms with van der Waals surface area (Å²) in [6, 6.07) is -0.168. The first-order valence-electron chi connectivity index (χ1n) is 14.1. The molecule has 0 aliphatic carbocycles. The van der Waals surface area contributed by atoms with E-state index in [4.69, 9.17) is 14.2 Å². The van der Waals surface area contributed by atoms with Gasteiger partial charge in [-0.1, -0.05) is 53.2 Å². The highest BCUT2D eigenvalue weighted by atomic mass is 16.5. The van der Waals surface area contributed by atoms with Crippen LogP contribution in [0.15, 0.2) is 17.8 Å². The minimum absolute atomic E-state index is 0.0889. The van der Waals surface area contributed by atoms with Crippen LogP contribution in [0.5, 0.6) is 0 Å². The van der Waals surface area contributed by atoms with Gasteiger partial charge in [0.1, 0.15) is 5.69 Å². The van der Waals surface area contributed by atoms with E-state index in [0.29, 0.717) is 76.0 Å². The lowest BCUT2D eigenvalue weighted by Gasteiger charge is -2.20. The van der Waals surface area contributed by atoms with E-state index in [2.05, 4.69) is 41.7 Å². The van der Waals surface area contributed by atoms with E-state index in [1.807, 2.05) is 20.8 Å². The Morgan fingerprint density at radius 1 is 0.875 bits per heavy atom. The molecule has 1 aromatic heterocycles. The molecule has 2 N–H and O–H groups in total. The normalized spacial score (nSPS) is 14.2. The fourth-order valence-corrected chi connectivity index (χ4v) is 3.86. The topological polar surface area (TPSA) is 137 Å². The summed E-state index contributed by atoms with van der Waals surface area (Å²) in [5.41, 5.74) is 0.978. The zero-order valence-corrected chi connectivity index (χ0v) is 25.1. The van der Waals surface area contributed by atoms with Crippen LogP contribution in [0.1, 0.15) is 66.5 Å². The van der Waals surface area contributed by atoms with Crippen LogP contribution in [0, 0.1) is 10.8 Å². The molecule has 12 nitrogen and oxygen atoms in total. The van der Waals surface area contributed by atoms with Gasteiger partial charge in [0.05, 0.1) is 58.9 Å². The lowest BCUT2D eigenvalue weighted by molar-refractivity contribution is -0.138. The van der Waals surface area contributed by atoms with E-state index in [1.54, 1.807) is 10.9 Å². The van der Waals surface area contributed by atoms with Gasteiger partial charge in [0, 0.05) is 24.7 Å². The molecule has 0 atom stereocenters. The number of amides is 4. The largest absolute Gasteiger partial charge is 0.377 e. The molecule has 12 heteroatoms. The Morgan fingerprint density at radius 3 is 2.12 bits per heavy atom. The number of unbranched alkanes of at least 4 members (excludes halogenated alkanes) is 1. The van der Waals surface area contributed by atoms with Gasteiger partial charge in [0.25, 0.3) is 11.8 Å². The first-order valence-corrected chi connectivity index (χ1v) is 14.1. The molecule has 0 spiro atoms. The molecule has 0 bridgehead atoms. The maximum atomic E-state index is 12.6. The highest BCUT2D eigenvalue weighted by Crippen LogP contribution is 2.31. The van der Waals surface area contributed by atoms with Crippen LogP contribution in [0.3, 0.4) is 0 Å². The molecule has 2 heterocycles. The summed E-state index contributed by atoms with van der Waals surface area (Å²) in [5, 5.41) is 13.7. The molecule has 1 aliphatic heterocycles. The zero-order chi connectivity index (χ0) is 29.6. The van der Waals surface area contributed by atoms with Crippen LogP contribution in [0.25, 0.3) is 0 Å². The van der Waals surface area contributed by atoms with Crippen molar-refractivity contribution in [2.24, 2.45) is 10.8 Å². The number of nitrogens with one attached hydrogen (secondary N) is 2. The summed E-state index contributed by atoms with van der Waals surface area (Å²) in [6.07, 6.45) is 6.34. The van der Waals surface area contributed by atoms with Gasteiger partial charge in [-0.3, -0.25) is 14.5 Å². The smallest absolute Gasteiger partial charge is 0.314 e. The van der Waals surface area contributed by atoms with Gasteiger partial charge in [-0.15, -0.1) is 5.10 Å². The molecule has 0 aromatic carbocycles. The third-order valence-corrected chi connectivity index (χ3v) is 6.10. The van der Waals surface area contributed by atoms with Crippen LogP contribution in [-0.4, -0.2) is 90.5 Å². The van der Waals surface area contributed by atoms with Crippen molar-refractivity contribution in [3.63, 3.8) is 0 Å². The Hall–Kier alpha value is -2.83. The van der Waals surface area contributed by atoms with Gasteiger partial charge >= 0.3 is 6.03 Å². The molecular formula is C28H48N6O6. The predicted octanol–water partition coefficient (Wildman–Crippen LogP) is 2.68. The highest BCUT2D eigenvalue weighted by Gasteiger charge is 2.37. The van der Waals surface area contributed by atoms with Crippen LogP contribution in [0.4, 0.5) is 4.79 Å². The van der Waals surface area contributed by atoms with Gasteiger partial charge in [0.15, 0.2) is 0 Å². The van der Waals surface area contributed by atoms with E-state index >= 15 is 0 Å². The molecule has 0 saturated heterocycles. The number of carbonyl (C=O) groups is 3. The lowest BCUT2D eigenvalue weighted by Crippen LogP contribution is -2.37. The van der Waals surface area contributed by atoms with E-state index < -0.39 is 5.41 Å². The standard InChI is InChI=1S/C28H48N6O6/c1-27(2,3)9-7-8-10-29-26(37)30-11-13-38-15-17-40-18-16-39-14-12-33-20-22(31-32-33)21-34-24(35)19-23(25(34)36)28(4,5)6/h19-20H,7-18,21H2,1-6H3,(H2,29,30,37). The SMILES string of the molecule is CC(C)(C)CCCCNC(=O)NCCOCCOCCOCCn1cc(CN2C(=O)C=C(C(C)(C)C)C2=O)nn1. The predicted molar refractivity (Wildman–Crippen MR) is 150 cm³/mol. The maximum Gasteiger partial charge on any atom is 0.314 e. The summed E-state index contributed by atoms with van der Waals surface area (Å²) in [5.74, 6) is -0.604. The molecule has 226 valence electrons. The highest BCUT2D eigenvalue weighted by molar-refractivity contribution is 6.16. The summed E-state index contributed by atoms with van der Waals surface area (Å²) < 4.78 is 18.1. The van der Waals surface area contributed by atoms with Crippen molar-refractivity contribution in [2.45, 2.75) is 73.9 Å². The van der Waals surface area contributed by atoms with Crippen molar-refractivity contribution < 1.29 is 28.6 Å². The summed E-state index contributed by atoms with van der Waals surface area (Å²) >= 11 is 0. The Kier molecular flexibility index (Phi) is 13.7. The number of ether oxygens (including phenoxy) is 3. The second kappa shape index (κ2) is 16.4. The number of carbonyl (C=O) groups excluding carboxylic acids is 3. The first kappa shape index (κ1) is 33.4. The monoisotopic (exact) mass is 564 g/mol. The summed E-state index contributed by atoms with van der Waals surface area (Å²) in [4.78, 5) is 37.8. The number of urea groups is 1. The van der Waals surface area contributed by atoms with Crippen molar-refractivity contribution >= 4 is 17.8 Å². The molecule has 1 aliphatic rings. The molecule has 0 radical (unpaired) electrons. The molecule has 0 saturated carbocycles. The molecule has 1 aromatic rings. The minimum Gasteiger partial charge on any atom is -0.377 e. The maximum absolute atomic E-state index is 12.6. The van der Waals surface area contributed by atoms with Crippen molar-refractivity contribution in [3.05, 3.63) is 23.5 Å². The van der Waals surface area contributed by atoms with Gasteiger partial charge in [-0.25, -0.2) is 9.48 Å². The second-order valence-corrected chi connectivity index (χ2v) is 12.0. The van der Waals surface area contributed by atoms with E-state index in [0.717, 1.165) is 19.3 Å². The van der Waals surface area contributed by atoms with Gasteiger partial charge in [0.2, 0.25) is 0 Å². The van der Waals surface area contributed by atoms with E-state index in [1.165, 1.54) is 11.0 Å². The number of nitrogens with zero attached hydrogens (tertiary/aromatic N) is 4. The third kappa shape index (κ3) is 13.0. The van der Waals surface area contributed by atoms with Gasteiger partial charge < -0.3 is 24.8 Å². The van der Waals surface area contributed by atoms with Gasteiger partial charge in [-0.05, 0) is 23.7 Å². The van der Waals surface area contributed by atoms with Crippen LogP contribution >= 0.6 is 0 Å². The van der Waals surface area contributed by atoms with Crippen molar-refractivity contribution in [1.29, 1.82) is 0 Å². The molecule has 0 unspecified atom stereocenters. The fraction of sp³-hybridized carbons (Fsp3) is 0.750. The first-order chi connectivity index (χ1) is 18.9. The number of hydrogen-bond acceptors (Lipinski definition) is 8. The third-order valence-electron chi connectivity index (χ3n) is 6.10. The molecule has 2 rings (SSSR count). The van der Waals surface area contributed by atoms with Crippen molar-refractivity contribution in [2.75, 3.05) is 52.7 Å². The molecular weight excluding hydrogens is 516 g/mol. The lowest BCUT2D eigenvalue weighted by atomic mass is 9.86.